The first kappa shape index (κ1) is 10.4. The lowest BCUT2D eigenvalue weighted by Gasteiger charge is -2.10. The van der Waals surface area contributed by atoms with Gasteiger partial charge in [-0.3, -0.25) is 0 Å². The molecule has 1 rings (SSSR count). The Morgan fingerprint density at radius 1 is 1.21 bits per heavy atom. The molecule has 0 amide bonds. The quantitative estimate of drug-likeness (QED) is 0.582. The number of hydrogen-bond acceptors (Lipinski definition) is 3. The Labute approximate surface area is 77.3 Å². The van der Waals surface area contributed by atoms with Crippen LogP contribution in [0.2, 0.25) is 0 Å². The first-order valence-electron chi connectivity index (χ1n) is 3.50. The van der Waals surface area contributed by atoms with E-state index in [-0.39, 0.29) is 5.56 Å². The summed E-state index contributed by atoms with van der Waals surface area (Å²) in [6.45, 7) is 0. The van der Waals surface area contributed by atoms with Gasteiger partial charge in [-0.25, -0.2) is 0 Å². The van der Waals surface area contributed by atoms with Gasteiger partial charge in [0, 0.05) is 0 Å². The molecule has 0 radical (unpaired) electrons. The van der Waals surface area contributed by atoms with Crippen molar-refractivity contribution in [2.45, 2.75) is 6.36 Å². The Kier molecular flexibility index (Phi) is 2.64. The van der Waals surface area contributed by atoms with E-state index in [9.17, 15) is 18.3 Å². The Hall–Kier alpha value is -1.72. The third-order valence-electron chi connectivity index (χ3n) is 1.35. The van der Waals surface area contributed by atoms with E-state index in [1.165, 1.54) is 0 Å². The number of rotatable bonds is 2. The number of ether oxygens (including phenoxy) is 1. The maximum Gasteiger partial charge on any atom is 0.573 e. The second kappa shape index (κ2) is 3.57. The molecule has 6 heteroatoms. The van der Waals surface area contributed by atoms with Gasteiger partial charge < -0.3 is 15.3 Å². The van der Waals surface area contributed by atoms with Gasteiger partial charge >= 0.3 is 6.36 Å². The van der Waals surface area contributed by atoms with Crippen molar-refractivity contribution in [3.63, 3.8) is 0 Å². The average molecular weight is 204 g/mol. The van der Waals surface area contributed by atoms with Crippen molar-refractivity contribution in [1.29, 1.82) is 5.41 Å². The van der Waals surface area contributed by atoms with Crippen LogP contribution >= 0.6 is 0 Å². The van der Waals surface area contributed by atoms with Crippen LogP contribution in [0, 0.1) is 5.41 Å². The molecule has 0 unspecified atom stereocenters. The molecule has 14 heavy (non-hydrogen) atoms. The highest BCUT2D eigenvalue weighted by Gasteiger charge is 2.30. The fraction of sp³-hybridized carbons (Fsp3) is 0.125. The van der Waals surface area contributed by atoms with Crippen LogP contribution in [0.3, 0.4) is 0 Å². The first-order chi connectivity index (χ1) is 6.38. The molecule has 0 saturated carbocycles. The molecule has 3 nitrogen and oxygen atoms in total. The summed E-state index contributed by atoms with van der Waals surface area (Å²) in [6.07, 6.45) is -4.74. The molecule has 0 saturated heterocycles. The summed E-state index contributed by atoms with van der Waals surface area (Å²) < 4.78 is 38.6. The van der Waals surface area contributed by atoms with Crippen molar-refractivity contribution in [1.82, 2.24) is 0 Å². The van der Waals surface area contributed by atoms with Crippen LogP contribution < -0.4 is 9.84 Å². The maximum absolute atomic E-state index is 11.7. The zero-order chi connectivity index (χ0) is 10.8. The van der Waals surface area contributed by atoms with Crippen molar-refractivity contribution < 1.29 is 23.0 Å². The van der Waals surface area contributed by atoms with E-state index >= 15 is 0 Å². The lowest BCUT2D eigenvalue weighted by Crippen LogP contribution is -2.18. The standard InChI is InChI=1S/C8H6F3NO2/c9-8(10,11)14-6-3-1-5(2-4-6)7(12)13/h1-4H,(H2,12,13)/p-1. The Morgan fingerprint density at radius 2 is 1.71 bits per heavy atom. The minimum Gasteiger partial charge on any atom is -0.859 e. The zero-order valence-electron chi connectivity index (χ0n) is 6.76. The summed E-state index contributed by atoms with van der Waals surface area (Å²) in [5.41, 5.74) is 0.0134. The van der Waals surface area contributed by atoms with Crippen molar-refractivity contribution in [3.05, 3.63) is 29.8 Å². The van der Waals surface area contributed by atoms with Gasteiger partial charge in [0.25, 0.3) is 0 Å². The Balaban J connectivity index is 2.79. The smallest absolute Gasteiger partial charge is 0.573 e. The van der Waals surface area contributed by atoms with Crippen LogP contribution in [0.4, 0.5) is 13.2 Å². The number of nitrogens with one attached hydrogen (secondary N) is 1. The van der Waals surface area contributed by atoms with E-state index in [2.05, 4.69) is 4.74 Å². The van der Waals surface area contributed by atoms with Gasteiger partial charge in [-0.1, -0.05) is 12.1 Å². The van der Waals surface area contributed by atoms with E-state index in [1.807, 2.05) is 0 Å². The predicted octanol–water partition coefficient (Wildman–Crippen LogP) is 1.27. The Bertz CT molecular complexity index is 331. The molecule has 1 N–H and O–H groups in total. The van der Waals surface area contributed by atoms with Gasteiger partial charge in [-0.15, -0.1) is 13.2 Å². The molecule has 1 aromatic carbocycles. The summed E-state index contributed by atoms with van der Waals surface area (Å²) in [5, 5.41) is 17.1. The minimum atomic E-state index is -4.74. The van der Waals surface area contributed by atoms with Crippen LogP contribution in [0.15, 0.2) is 24.3 Å². The fourth-order valence-electron chi connectivity index (χ4n) is 0.808. The molecule has 0 aliphatic rings. The van der Waals surface area contributed by atoms with Crippen molar-refractivity contribution in [2.75, 3.05) is 0 Å². The number of halogens is 3. The highest BCUT2D eigenvalue weighted by Crippen LogP contribution is 2.22. The van der Waals surface area contributed by atoms with Gasteiger partial charge in [-0.2, -0.15) is 0 Å². The summed E-state index contributed by atoms with van der Waals surface area (Å²) in [4.78, 5) is 0. The number of benzene rings is 1. The van der Waals surface area contributed by atoms with Gasteiger partial charge in [0.15, 0.2) is 0 Å². The van der Waals surface area contributed by atoms with Gasteiger partial charge in [0.05, 0.1) is 0 Å². The first-order valence-corrected chi connectivity index (χ1v) is 3.50. The molecular weight excluding hydrogens is 199 g/mol. The van der Waals surface area contributed by atoms with Gasteiger partial charge in [0.1, 0.15) is 5.75 Å². The lowest BCUT2D eigenvalue weighted by atomic mass is 10.2. The third kappa shape index (κ3) is 2.96. The molecule has 0 aromatic heterocycles. The predicted molar refractivity (Wildman–Crippen MR) is 40.0 cm³/mol. The van der Waals surface area contributed by atoms with Gasteiger partial charge in [-0.05, 0) is 23.6 Å². The monoisotopic (exact) mass is 204 g/mol. The third-order valence-corrected chi connectivity index (χ3v) is 1.35. The number of alkyl halides is 3. The summed E-state index contributed by atoms with van der Waals surface area (Å²) >= 11 is 0. The lowest BCUT2D eigenvalue weighted by molar-refractivity contribution is -0.274. The minimum absolute atomic E-state index is 0.0134. The summed E-state index contributed by atoms with van der Waals surface area (Å²) in [5.74, 6) is -1.37. The van der Waals surface area contributed by atoms with Crippen LogP contribution in [0.25, 0.3) is 0 Å². The Morgan fingerprint density at radius 3 is 2.07 bits per heavy atom. The second-order valence-corrected chi connectivity index (χ2v) is 2.40. The van der Waals surface area contributed by atoms with Gasteiger partial charge in [0.2, 0.25) is 0 Å². The number of hydrogen-bond donors (Lipinski definition) is 1. The molecule has 0 aliphatic heterocycles. The molecular formula is C8H5F3NO2-. The van der Waals surface area contributed by atoms with E-state index in [0.29, 0.717) is 0 Å². The molecule has 0 bridgehead atoms. The summed E-state index contributed by atoms with van der Waals surface area (Å²) in [7, 11) is 0. The van der Waals surface area contributed by atoms with Crippen LogP contribution in [-0.2, 0) is 0 Å². The maximum atomic E-state index is 11.7. The van der Waals surface area contributed by atoms with Crippen LogP contribution in [0.5, 0.6) is 5.75 Å². The van der Waals surface area contributed by atoms with E-state index in [1.54, 1.807) is 0 Å². The van der Waals surface area contributed by atoms with Crippen molar-refractivity contribution >= 4 is 5.90 Å². The van der Waals surface area contributed by atoms with E-state index in [0.717, 1.165) is 24.3 Å². The molecule has 1 aromatic rings. The van der Waals surface area contributed by atoms with Crippen molar-refractivity contribution in [3.8, 4) is 5.75 Å². The molecule has 0 fully saturated rings. The SMILES string of the molecule is N=C([O-])c1ccc(OC(F)(F)F)cc1. The molecule has 0 atom stereocenters. The molecule has 0 spiro atoms. The molecule has 76 valence electrons. The van der Waals surface area contributed by atoms with Crippen LogP contribution in [-0.4, -0.2) is 12.3 Å². The molecule has 0 heterocycles. The zero-order valence-corrected chi connectivity index (χ0v) is 6.76. The summed E-state index contributed by atoms with van der Waals surface area (Å²) in [6, 6.07) is 4.15. The fourth-order valence-corrected chi connectivity index (χ4v) is 0.808. The average Bonchev–Trinajstić information content (AvgIpc) is 2.02. The second-order valence-electron chi connectivity index (χ2n) is 2.40. The van der Waals surface area contributed by atoms with E-state index in [4.69, 9.17) is 5.41 Å². The molecule has 0 aliphatic carbocycles. The van der Waals surface area contributed by atoms with E-state index < -0.39 is 18.0 Å². The normalized spacial score (nSPS) is 11.1. The highest BCUT2D eigenvalue weighted by atomic mass is 19.4. The van der Waals surface area contributed by atoms with Crippen molar-refractivity contribution in [2.24, 2.45) is 0 Å². The largest absolute Gasteiger partial charge is 0.859 e. The highest BCUT2D eigenvalue weighted by molar-refractivity contribution is 5.87. The van der Waals surface area contributed by atoms with Crippen LogP contribution in [0.1, 0.15) is 5.56 Å². The topological polar surface area (TPSA) is 56.1 Å².